The molecule has 1 rings (SSSR count). The Kier molecular flexibility index (Phi) is 2.71. The van der Waals surface area contributed by atoms with Crippen molar-refractivity contribution in [3.8, 4) is 0 Å². The van der Waals surface area contributed by atoms with Crippen LogP contribution in [0.1, 0.15) is 15.9 Å². The second-order valence-corrected chi connectivity index (χ2v) is 3.09. The quantitative estimate of drug-likeness (QED) is 0.600. The largest absolute Gasteiger partial charge is 0.365 e. The molecular formula is C8H7ClN2O3. The molecule has 0 spiro atoms. The monoisotopic (exact) mass is 214 g/mol. The molecule has 0 bridgehead atoms. The molecule has 0 aliphatic carbocycles. The van der Waals surface area contributed by atoms with Gasteiger partial charge in [-0.25, -0.2) is 0 Å². The zero-order chi connectivity index (χ0) is 10.9. The summed E-state index contributed by atoms with van der Waals surface area (Å²) in [5.74, 6) is -0.898. The molecule has 0 heterocycles. The van der Waals surface area contributed by atoms with E-state index in [2.05, 4.69) is 0 Å². The molecule has 5 nitrogen and oxygen atoms in total. The first-order chi connectivity index (χ1) is 6.45. The van der Waals surface area contributed by atoms with Crippen molar-refractivity contribution in [2.75, 3.05) is 0 Å². The predicted molar refractivity (Wildman–Crippen MR) is 51.4 cm³/mol. The lowest BCUT2D eigenvalue weighted by molar-refractivity contribution is -0.385. The summed E-state index contributed by atoms with van der Waals surface area (Å²) in [6.45, 7) is 1.64. The number of primary amides is 1. The first-order valence-corrected chi connectivity index (χ1v) is 4.06. The number of carbonyl (C=O) groups excluding carboxylic acids is 1. The van der Waals surface area contributed by atoms with Crippen molar-refractivity contribution in [1.82, 2.24) is 0 Å². The summed E-state index contributed by atoms with van der Waals surface area (Å²) in [4.78, 5) is 20.8. The number of nitro groups is 1. The maximum absolute atomic E-state index is 10.9. The minimum atomic E-state index is -0.898. The van der Waals surface area contributed by atoms with E-state index in [9.17, 15) is 14.9 Å². The van der Waals surface area contributed by atoms with Crippen molar-refractivity contribution >= 4 is 23.2 Å². The predicted octanol–water partition coefficient (Wildman–Crippen LogP) is 1.66. The van der Waals surface area contributed by atoms with Gasteiger partial charge in [-0.1, -0.05) is 17.7 Å². The number of hydrogen-bond acceptors (Lipinski definition) is 3. The number of rotatable bonds is 2. The molecule has 0 aliphatic heterocycles. The zero-order valence-electron chi connectivity index (χ0n) is 7.28. The lowest BCUT2D eigenvalue weighted by Gasteiger charge is -2.03. The van der Waals surface area contributed by atoms with Crippen molar-refractivity contribution in [1.29, 1.82) is 0 Å². The number of nitrogens with two attached hydrogens (primary N) is 1. The fourth-order valence-corrected chi connectivity index (χ4v) is 1.31. The van der Waals surface area contributed by atoms with Crippen LogP contribution in [-0.4, -0.2) is 10.8 Å². The molecule has 1 amide bonds. The Morgan fingerprint density at radius 1 is 1.57 bits per heavy atom. The van der Waals surface area contributed by atoms with Crippen LogP contribution in [0.15, 0.2) is 12.1 Å². The molecular weight excluding hydrogens is 208 g/mol. The third kappa shape index (κ3) is 1.67. The summed E-state index contributed by atoms with van der Waals surface area (Å²) in [6.07, 6.45) is 0. The van der Waals surface area contributed by atoms with Crippen molar-refractivity contribution in [3.05, 3.63) is 38.4 Å². The van der Waals surface area contributed by atoms with Crippen LogP contribution in [0.2, 0.25) is 5.02 Å². The van der Waals surface area contributed by atoms with Gasteiger partial charge in [0.05, 0.1) is 9.95 Å². The van der Waals surface area contributed by atoms with Gasteiger partial charge in [0.1, 0.15) is 5.56 Å². The summed E-state index contributed by atoms with van der Waals surface area (Å²) in [5, 5.41) is 10.6. The van der Waals surface area contributed by atoms with Gasteiger partial charge < -0.3 is 5.73 Å². The van der Waals surface area contributed by atoms with E-state index in [0.717, 1.165) is 0 Å². The van der Waals surface area contributed by atoms with Gasteiger partial charge in [0, 0.05) is 6.07 Å². The second kappa shape index (κ2) is 3.63. The molecule has 0 radical (unpaired) electrons. The second-order valence-electron chi connectivity index (χ2n) is 2.71. The van der Waals surface area contributed by atoms with Gasteiger partial charge in [-0.3, -0.25) is 14.9 Å². The molecule has 0 atom stereocenters. The van der Waals surface area contributed by atoms with E-state index in [1.54, 1.807) is 6.92 Å². The molecule has 2 N–H and O–H groups in total. The summed E-state index contributed by atoms with van der Waals surface area (Å²) in [7, 11) is 0. The van der Waals surface area contributed by atoms with Crippen molar-refractivity contribution in [2.24, 2.45) is 5.73 Å². The van der Waals surface area contributed by atoms with E-state index in [0.29, 0.717) is 5.56 Å². The van der Waals surface area contributed by atoms with E-state index in [-0.39, 0.29) is 16.3 Å². The molecule has 0 fully saturated rings. The summed E-state index contributed by atoms with van der Waals surface area (Å²) in [6, 6.07) is 2.67. The van der Waals surface area contributed by atoms with E-state index in [1.807, 2.05) is 0 Å². The van der Waals surface area contributed by atoms with Crippen LogP contribution < -0.4 is 5.73 Å². The van der Waals surface area contributed by atoms with Gasteiger partial charge in [-0.05, 0) is 12.5 Å². The number of amides is 1. The molecule has 0 aromatic heterocycles. The van der Waals surface area contributed by atoms with Crippen LogP contribution in [0, 0.1) is 17.0 Å². The minimum Gasteiger partial charge on any atom is -0.365 e. The van der Waals surface area contributed by atoms with Gasteiger partial charge >= 0.3 is 0 Å². The third-order valence-corrected chi connectivity index (χ3v) is 2.24. The van der Waals surface area contributed by atoms with Crippen LogP contribution in [0.3, 0.4) is 0 Å². The van der Waals surface area contributed by atoms with E-state index < -0.39 is 10.8 Å². The molecule has 0 saturated heterocycles. The van der Waals surface area contributed by atoms with E-state index in [4.69, 9.17) is 17.3 Å². The number of carbonyl (C=O) groups is 1. The molecule has 74 valence electrons. The molecule has 0 saturated carbocycles. The average molecular weight is 215 g/mol. The van der Waals surface area contributed by atoms with Crippen LogP contribution in [-0.2, 0) is 0 Å². The number of aryl methyl sites for hydroxylation is 1. The first kappa shape index (κ1) is 10.5. The Bertz CT molecular complexity index is 417. The smallest absolute Gasteiger partial charge is 0.283 e. The van der Waals surface area contributed by atoms with Gasteiger partial charge in [0.2, 0.25) is 0 Å². The van der Waals surface area contributed by atoms with Crippen LogP contribution in [0.25, 0.3) is 0 Å². The number of halogens is 1. The summed E-state index contributed by atoms with van der Waals surface area (Å²) < 4.78 is 0. The van der Waals surface area contributed by atoms with Gasteiger partial charge in [0.15, 0.2) is 0 Å². The van der Waals surface area contributed by atoms with Crippen LogP contribution >= 0.6 is 11.6 Å². The highest BCUT2D eigenvalue weighted by atomic mass is 35.5. The van der Waals surface area contributed by atoms with Crippen molar-refractivity contribution < 1.29 is 9.72 Å². The minimum absolute atomic E-state index is 0.0340. The normalized spacial score (nSPS) is 9.86. The van der Waals surface area contributed by atoms with Gasteiger partial charge in [0.25, 0.3) is 11.6 Å². The molecule has 0 aliphatic rings. The lowest BCUT2D eigenvalue weighted by Crippen LogP contribution is -2.14. The van der Waals surface area contributed by atoms with Gasteiger partial charge in [-0.15, -0.1) is 0 Å². The summed E-state index contributed by atoms with van der Waals surface area (Å²) >= 11 is 5.73. The number of benzene rings is 1. The van der Waals surface area contributed by atoms with Gasteiger partial charge in [-0.2, -0.15) is 0 Å². The Balaban J connectivity index is 3.53. The molecule has 6 heteroatoms. The average Bonchev–Trinajstić information content (AvgIpc) is 2.08. The lowest BCUT2D eigenvalue weighted by atomic mass is 10.1. The first-order valence-electron chi connectivity index (χ1n) is 3.68. The number of nitrogens with zero attached hydrogens (tertiary/aromatic N) is 1. The number of nitro benzene ring substituents is 1. The fourth-order valence-electron chi connectivity index (χ4n) is 1.06. The fraction of sp³-hybridized carbons (Fsp3) is 0.125. The summed E-state index contributed by atoms with van der Waals surface area (Å²) in [5.41, 5.74) is 4.96. The molecule has 1 aromatic carbocycles. The van der Waals surface area contributed by atoms with E-state index in [1.165, 1.54) is 12.1 Å². The maximum Gasteiger partial charge on any atom is 0.283 e. The maximum atomic E-state index is 10.9. The standard InChI is InChI=1S/C8H7ClN2O3/c1-4-2-3-5(11(13)14)6(7(4)9)8(10)12/h2-3H,1H3,(H2,10,12). The Labute approximate surface area is 84.6 Å². The Morgan fingerprint density at radius 3 is 2.57 bits per heavy atom. The third-order valence-electron chi connectivity index (χ3n) is 1.76. The van der Waals surface area contributed by atoms with Crippen LogP contribution in [0.4, 0.5) is 5.69 Å². The Morgan fingerprint density at radius 2 is 2.14 bits per heavy atom. The van der Waals surface area contributed by atoms with Crippen molar-refractivity contribution in [3.63, 3.8) is 0 Å². The zero-order valence-corrected chi connectivity index (χ0v) is 8.04. The molecule has 1 aromatic rings. The highest BCUT2D eigenvalue weighted by Crippen LogP contribution is 2.28. The SMILES string of the molecule is Cc1ccc([N+](=O)[O-])c(C(N)=O)c1Cl. The highest BCUT2D eigenvalue weighted by Gasteiger charge is 2.22. The van der Waals surface area contributed by atoms with Crippen molar-refractivity contribution in [2.45, 2.75) is 6.92 Å². The molecule has 0 unspecified atom stereocenters. The highest BCUT2D eigenvalue weighted by molar-refractivity contribution is 6.35. The number of hydrogen-bond donors (Lipinski definition) is 1. The topological polar surface area (TPSA) is 86.2 Å². The molecule has 14 heavy (non-hydrogen) atoms. The Hall–Kier alpha value is -1.62. The van der Waals surface area contributed by atoms with E-state index >= 15 is 0 Å². The van der Waals surface area contributed by atoms with Crippen LogP contribution in [0.5, 0.6) is 0 Å².